The summed E-state index contributed by atoms with van der Waals surface area (Å²) in [4.78, 5) is 0. The number of ether oxygens (including phenoxy) is 1. The van der Waals surface area contributed by atoms with E-state index < -0.39 is 0 Å². The second-order valence-electron chi connectivity index (χ2n) is 3.65. The molecule has 0 amide bonds. The largest absolute Gasteiger partial charge is 0.497 e. The van der Waals surface area contributed by atoms with Gasteiger partial charge in [-0.1, -0.05) is 0 Å². The van der Waals surface area contributed by atoms with Gasteiger partial charge in [0.2, 0.25) is 0 Å². The molecule has 0 aliphatic carbocycles. The van der Waals surface area contributed by atoms with E-state index in [1.165, 1.54) is 5.56 Å². The number of nitrogens with two attached hydrogens (primary N) is 1. The van der Waals surface area contributed by atoms with E-state index in [0.29, 0.717) is 0 Å². The van der Waals surface area contributed by atoms with Gasteiger partial charge in [-0.2, -0.15) is 11.3 Å². The van der Waals surface area contributed by atoms with Crippen molar-refractivity contribution in [1.82, 2.24) is 5.43 Å². The van der Waals surface area contributed by atoms with Crippen molar-refractivity contribution in [3.8, 4) is 0 Å². The SMILES string of the molecule is NNC(Cc1ccsc1)C1=CCCCO1. The predicted octanol–water partition coefficient (Wildman–Crippen LogP) is 1.82. The Balaban J connectivity index is 2.00. The Morgan fingerprint density at radius 3 is 3.13 bits per heavy atom. The van der Waals surface area contributed by atoms with Crippen molar-refractivity contribution >= 4 is 11.3 Å². The lowest BCUT2D eigenvalue weighted by atomic mass is 10.1. The number of nitrogens with one attached hydrogen (secondary N) is 1. The highest BCUT2D eigenvalue weighted by atomic mass is 32.1. The highest BCUT2D eigenvalue weighted by Gasteiger charge is 2.16. The van der Waals surface area contributed by atoms with Crippen LogP contribution in [0.5, 0.6) is 0 Å². The lowest BCUT2D eigenvalue weighted by Gasteiger charge is -2.22. The molecule has 0 saturated carbocycles. The predicted molar refractivity (Wildman–Crippen MR) is 62.4 cm³/mol. The van der Waals surface area contributed by atoms with Crippen molar-refractivity contribution in [2.75, 3.05) is 6.61 Å². The highest BCUT2D eigenvalue weighted by molar-refractivity contribution is 7.07. The Morgan fingerprint density at radius 1 is 1.60 bits per heavy atom. The molecule has 3 N–H and O–H groups in total. The van der Waals surface area contributed by atoms with Crippen LogP contribution in [0.2, 0.25) is 0 Å². The van der Waals surface area contributed by atoms with Gasteiger partial charge in [-0.25, -0.2) is 5.43 Å². The topological polar surface area (TPSA) is 47.3 Å². The number of hydrogen-bond acceptors (Lipinski definition) is 4. The highest BCUT2D eigenvalue weighted by Crippen LogP contribution is 2.17. The van der Waals surface area contributed by atoms with Gasteiger partial charge in [0.15, 0.2) is 0 Å². The molecule has 1 atom stereocenters. The van der Waals surface area contributed by atoms with Crippen LogP contribution < -0.4 is 11.3 Å². The molecule has 15 heavy (non-hydrogen) atoms. The summed E-state index contributed by atoms with van der Waals surface area (Å²) < 4.78 is 5.60. The molecule has 82 valence electrons. The number of rotatable bonds is 4. The van der Waals surface area contributed by atoms with Crippen molar-refractivity contribution in [3.05, 3.63) is 34.2 Å². The van der Waals surface area contributed by atoms with Crippen LogP contribution in [0.3, 0.4) is 0 Å². The molecule has 0 saturated heterocycles. The first kappa shape index (κ1) is 10.7. The fourth-order valence-electron chi connectivity index (χ4n) is 1.71. The van der Waals surface area contributed by atoms with Crippen LogP contribution in [0.1, 0.15) is 18.4 Å². The van der Waals surface area contributed by atoms with Gasteiger partial charge in [0, 0.05) is 0 Å². The molecule has 2 rings (SSSR count). The van der Waals surface area contributed by atoms with Gasteiger partial charge in [-0.05, 0) is 47.7 Å². The van der Waals surface area contributed by atoms with Crippen LogP contribution in [-0.4, -0.2) is 12.6 Å². The average molecular weight is 224 g/mol. The van der Waals surface area contributed by atoms with E-state index in [1.807, 2.05) is 0 Å². The fourth-order valence-corrected chi connectivity index (χ4v) is 2.39. The Kier molecular flexibility index (Phi) is 3.77. The third-order valence-electron chi connectivity index (χ3n) is 2.53. The summed E-state index contributed by atoms with van der Waals surface area (Å²) in [7, 11) is 0. The van der Waals surface area contributed by atoms with E-state index in [-0.39, 0.29) is 6.04 Å². The number of thiophene rings is 1. The molecular weight excluding hydrogens is 208 g/mol. The second-order valence-corrected chi connectivity index (χ2v) is 4.43. The number of hydrogen-bond donors (Lipinski definition) is 2. The maximum Gasteiger partial charge on any atom is 0.111 e. The molecule has 4 heteroatoms. The van der Waals surface area contributed by atoms with Gasteiger partial charge in [0.1, 0.15) is 5.76 Å². The van der Waals surface area contributed by atoms with Gasteiger partial charge in [-0.15, -0.1) is 0 Å². The number of hydrazine groups is 1. The van der Waals surface area contributed by atoms with E-state index >= 15 is 0 Å². The van der Waals surface area contributed by atoms with Crippen LogP contribution in [0.4, 0.5) is 0 Å². The average Bonchev–Trinajstić information content (AvgIpc) is 2.80. The summed E-state index contributed by atoms with van der Waals surface area (Å²) in [5.41, 5.74) is 4.13. The first-order valence-corrected chi connectivity index (χ1v) is 6.14. The molecule has 2 heterocycles. The van der Waals surface area contributed by atoms with E-state index in [1.54, 1.807) is 11.3 Å². The minimum absolute atomic E-state index is 0.111. The molecule has 3 nitrogen and oxygen atoms in total. The first-order chi connectivity index (χ1) is 7.40. The molecule has 1 aromatic rings. The van der Waals surface area contributed by atoms with Crippen LogP contribution >= 0.6 is 11.3 Å². The summed E-state index contributed by atoms with van der Waals surface area (Å²) in [6.07, 6.45) is 5.24. The zero-order valence-electron chi connectivity index (χ0n) is 8.61. The Bertz CT molecular complexity index is 321. The normalized spacial score (nSPS) is 18.1. The van der Waals surface area contributed by atoms with Gasteiger partial charge in [0.05, 0.1) is 12.6 Å². The van der Waals surface area contributed by atoms with E-state index in [9.17, 15) is 0 Å². The van der Waals surface area contributed by atoms with Crippen molar-refractivity contribution in [1.29, 1.82) is 0 Å². The molecule has 0 aromatic carbocycles. The third-order valence-corrected chi connectivity index (χ3v) is 3.26. The smallest absolute Gasteiger partial charge is 0.111 e. The van der Waals surface area contributed by atoms with E-state index in [2.05, 4.69) is 28.3 Å². The lowest BCUT2D eigenvalue weighted by Crippen LogP contribution is -2.39. The Labute approximate surface area is 93.9 Å². The second kappa shape index (κ2) is 5.30. The summed E-state index contributed by atoms with van der Waals surface area (Å²) in [5, 5.41) is 4.23. The Hall–Kier alpha value is -0.840. The lowest BCUT2D eigenvalue weighted by molar-refractivity contribution is 0.167. The van der Waals surface area contributed by atoms with Crippen molar-refractivity contribution in [2.45, 2.75) is 25.3 Å². The Morgan fingerprint density at radius 2 is 2.53 bits per heavy atom. The molecule has 1 aliphatic heterocycles. The molecule has 0 radical (unpaired) electrons. The molecule has 0 bridgehead atoms. The van der Waals surface area contributed by atoms with Crippen LogP contribution in [0.15, 0.2) is 28.7 Å². The number of allylic oxidation sites excluding steroid dienone is 1. The zero-order valence-corrected chi connectivity index (χ0v) is 9.43. The minimum Gasteiger partial charge on any atom is -0.497 e. The maximum atomic E-state index is 5.60. The monoisotopic (exact) mass is 224 g/mol. The molecule has 0 fully saturated rings. The van der Waals surface area contributed by atoms with Gasteiger partial charge in [0.25, 0.3) is 0 Å². The first-order valence-electron chi connectivity index (χ1n) is 5.20. The standard InChI is InChI=1S/C11H16N2OS/c12-13-10(7-9-4-6-15-8-9)11-3-1-2-5-14-11/h3-4,6,8,10,13H,1-2,5,7,12H2. The van der Waals surface area contributed by atoms with Gasteiger partial charge < -0.3 is 4.74 Å². The summed E-state index contributed by atoms with van der Waals surface area (Å²) >= 11 is 1.71. The van der Waals surface area contributed by atoms with Crippen LogP contribution in [0.25, 0.3) is 0 Å². The summed E-state index contributed by atoms with van der Waals surface area (Å²) in [6.45, 7) is 0.813. The molecular formula is C11H16N2OS. The van der Waals surface area contributed by atoms with Crippen molar-refractivity contribution in [3.63, 3.8) is 0 Å². The summed E-state index contributed by atoms with van der Waals surface area (Å²) in [6, 6.07) is 2.23. The van der Waals surface area contributed by atoms with Crippen LogP contribution in [0, 0.1) is 0 Å². The molecule has 1 aromatic heterocycles. The van der Waals surface area contributed by atoms with Gasteiger partial charge >= 0.3 is 0 Å². The maximum absolute atomic E-state index is 5.60. The van der Waals surface area contributed by atoms with Crippen molar-refractivity contribution in [2.24, 2.45) is 5.84 Å². The zero-order chi connectivity index (χ0) is 10.5. The van der Waals surface area contributed by atoms with Crippen molar-refractivity contribution < 1.29 is 4.74 Å². The van der Waals surface area contributed by atoms with E-state index in [0.717, 1.165) is 31.6 Å². The quantitative estimate of drug-likeness (QED) is 0.606. The molecule has 0 spiro atoms. The van der Waals surface area contributed by atoms with Gasteiger partial charge in [-0.3, -0.25) is 5.84 Å². The summed E-state index contributed by atoms with van der Waals surface area (Å²) in [5.74, 6) is 6.55. The fraction of sp³-hybridized carbons (Fsp3) is 0.455. The minimum atomic E-state index is 0.111. The molecule has 1 aliphatic rings. The van der Waals surface area contributed by atoms with E-state index in [4.69, 9.17) is 10.6 Å². The van der Waals surface area contributed by atoms with Crippen LogP contribution in [-0.2, 0) is 11.2 Å². The third kappa shape index (κ3) is 2.81. The molecule has 1 unspecified atom stereocenters.